The maximum Gasteiger partial charge on any atom is 0.204 e. The second kappa shape index (κ2) is 6.93. The number of rotatable bonds is 6. The molecule has 5 nitrogen and oxygen atoms in total. The zero-order valence-corrected chi connectivity index (χ0v) is 14.5. The number of nitrogens with one attached hydrogen (secondary N) is 1. The Morgan fingerprint density at radius 1 is 1.25 bits per heavy atom. The third-order valence-electron chi connectivity index (χ3n) is 4.60. The van der Waals surface area contributed by atoms with E-state index in [1.807, 2.05) is 6.07 Å². The number of nitrogens with two attached hydrogens (primary N) is 1. The zero-order chi connectivity index (χ0) is 16.4. The topological polar surface area (TPSA) is 59.1 Å². The van der Waals surface area contributed by atoms with Gasteiger partial charge in [-0.2, -0.15) is 0 Å². The Bertz CT molecular complexity index is 795. The first-order valence-electron chi connectivity index (χ1n) is 8.50. The second-order valence-corrected chi connectivity index (χ2v) is 7.34. The minimum atomic E-state index is 0.440. The number of aromatic nitrogens is 2. The van der Waals surface area contributed by atoms with Crippen LogP contribution in [0.4, 0.5) is 5.95 Å². The van der Waals surface area contributed by atoms with Crippen molar-refractivity contribution in [3.63, 3.8) is 0 Å². The van der Waals surface area contributed by atoms with Crippen LogP contribution in [0.25, 0.3) is 11.0 Å². The number of hydrogen-bond donors (Lipinski definition) is 2. The average Bonchev–Trinajstić information content (AvgIpc) is 3.31. The summed E-state index contributed by atoms with van der Waals surface area (Å²) in [4.78, 5) is 8.61. The van der Waals surface area contributed by atoms with Crippen LogP contribution in [-0.2, 0) is 6.54 Å². The first-order chi connectivity index (χ1) is 11.8. The van der Waals surface area contributed by atoms with Crippen molar-refractivity contribution >= 4 is 28.3 Å². The van der Waals surface area contributed by atoms with Gasteiger partial charge in [0.25, 0.3) is 0 Å². The number of fused-ring (bicyclic) bond motifs is 1. The van der Waals surface area contributed by atoms with Crippen molar-refractivity contribution in [2.75, 3.05) is 31.5 Å². The number of likely N-dealkylation sites (tertiary alicyclic amines) is 1. The first-order valence-corrected chi connectivity index (χ1v) is 9.38. The summed E-state index contributed by atoms with van der Waals surface area (Å²) in [6.07, 6.45) is 1.14. The molecule has 1 aliphatic heterocycles. The molecule has 126 valence electrons. The van der Waals surface area contributed by atoms with Gasteiger partial charge in [0.2, 0.25) is 5.95 Å². The molecular formula is C18H23N5S. The lowest BCUT2D eigenvalue weighted by Gasteiger charge is -2.17. The number of hydrogen-bond acceptors (Lipinski definition) is 5. The predicted octanol–water partition coefficient (Wildman–Crippen LogP) is 2.59. The van der Waals surface area contributed by atoms with Gasteiger partial charge in [-0.05, 0) is 30.0 Å². The summed E-state index contributed by atoms with van der Waals surface area (Å²) in [6, 6.07) is 13.1. The van der Waals surface area contributed by atoms with Crippen molar-refractivity contribution in [3.8, 4) is 0 Å². The number of imidazole rings is 1. The van der Waals surface area contributed by atoms with Crippen molar-refractivity contribution in [1.82, 2.24) is 14.5 Å². The largest absolute Gasteiger partial charge is 0.352 e. The second-order valence-electron chi connectivity index (χ2n) is 6.31. The lowest BCUT2D eigenvalue weighted by atomic mass is 10.3. The molecular weight excluding hydrogens is 318 g/mol. The maximum atomic E-state index is 5.68. The van der Waals surface area contributed by atoms with Crippen LogP contribution in [0.1, 0.15) is 11.3 Å². The van der Waals surface area contributed by atoms with E-state index in [2.05, 4.69) is 50.5 Å². The molecule has 24 heavy (non-hydrogen) atoms. The normalized spacial score (nSPS) is 18.5. The smallest absolute Gasteiger partial charge is 0.204 e. The van der Waals surface area contributed by atoms with E-state index < -0.39 is 0 Å². The number of anilines is 1. The Hall–Kier alpha value is -1.89. The third kappa shape index (κ3) is 3.17. The molecule has 0 spiro atoms. The van der Waals surface area contributed by atoms with Crippen molar-refractivity contribution < 1.29 is 0 Å². The van der Waals surface area contributed by atoms with Gasteiger partial charge >= 0.3 is 0 Å². The van der Waals surface area contributed by atoms with Gasteiger partial charge in [0, 0.05) is 37.1 Å². The van der Waals surface area contributed by atoms with Crippen LogP contribution in [0.2, 0.25) is 0 Å². The molecule has 0 bridgehead atoms. The van der Waals surface area contributed by atoms with Crippen molar-refractivity contribution in [3.05, 3.63) is 46.7 Å². The highest BCUT2D eigenvalue weighted by Gasteiger charge is 2.23. The minimum absolute atomic E-state index is 0.440. The van der Waals surface area contributed by atoms with Gasteiger partial charge in [0.15, 0.2) is 0 Å². The lowest BCUT2D eigenvalue weighted by molar-refractivity contribution is 0.346. The molecule has 3 N–H and O–H groups in total. The van der Waals surface area contributed by atoms with E-state index in [9.17, 15) is 0 Å². The Morgan fingerprint density at radius 3 is 3.00 bits per heavy atom. The van der Waals surface area contributed by atoms with Crippen LogP contribution in [0, 0.1) is 0 Å². The molecule has 0 radical (unpaired) electrons. The van der Waals surface area contributed by atoms with Crippen LogP contribution in [-0.4, -0.2) is 46.7 Å². The average molecular weight is 341 g/mol. The van der Waals surface area contributed by atoms with Crippen LogP contribution >= 0.6 is 11.3 Å². The number of nitrogens with zero attached hydrogens (tertiary/aromatic N) is 3. The first kappa shape index (κ1) is 15.6. The Morgan fingerprint density at radius 2 is 2.17 bits per heavy atom. The molecule has 0 aliphatic carbocycles. The maximum absolute atomic E-state index is 5.68. The molecule has 1 atom stereocenters. The fraction of sp³-hybridized carbons (Fsp3) is 0.389. The van der Waals surface area contributed by atoms with Gasteiger partial charge in [0.1, 0.15) is 0 Å². The van der Waals surface area contributed by atoms with E-state index in [1.54, 1.807) is 11.3 Å². The quantitative estimate of drug-likeness (QED) is 0.723. The molecule has 2 aromatic heterocycles. The van der Waals surface area contributed by atoms with Crippen LogP contribution in [0.3, 0.4) is 0 Å². The highest BCUT2D eigenvalue weighted by Crippen LogP contribution is 2.24. The lowest BCUT2D eigenvalue weighted by Crippen LogP contribution is -2.30. The van der Waals surface area contributed by atoms with E-state index in [4.69, 9.17) is 10.7 Å². The number of benzene rings is 1. The summed E-state index contributed by atoms with van der Waals surface area (Å²) < 4.78 is 2.30. The van der Waals surface area contributed by atoms with Gasteiger partial charge in [-0.15, -0.1) is 11.3 Å². The van der Waals surface area contributed by atoms with E-state index in [0.29, 0.717) is 6.04 Å². The molecule has 1 saturated heterocycles. The third-order valence-corrected chi connectivity index (χ3v) is 5.46. The molecule has 3 aromatic rings. The number of para-hydroxylation sites is 2. The molecule has 3 heterocycles. The summed E-state index contributed by atoms with van der Waals surface area (Å²) >= 11 is 1.79. The standard InChI is InChI=1S/C18H23N5S/c19-8-10-22-9-7-14(12-22)20-18-21-16-5-1-2-6-17(16)23(18)13-15-4-3-11-24-15/h1-6,11,14H,7-10,12-13,19H2,(H,20,21). The summed E-state index contributed by atoms with van der Waals surface area (Å²) in [5.74, 6) is 0.976. The molecule has 1 fully saturated rings. The zero-order valence-electron chi connectivity index (χ0n) is 13.7. The highest BCUT2D eigenvalue weighted by atomic mass is 32.1. The molecule has 4 rings (SSSR count). The SMILES string of the molecule is NCCN1CCC(Nc2nc3ccccc3n2Cc2cccs2)C1. The monoisotopic (exact) mass is 341 g/mol. The van der Waals surface area contributed by atoms with Crippen LogP contribution < -0.4 is 11.1 Å². The Kier molecular flexibility index (Phi) is 4.51. The number of thiophene rings is 1. The Labute approximate surface area is 146 Å². The molecule has 0 amide bonds. The van der Waals surface area contributed by atoms with Crippen molar-refractivity contribution in [2.24, 2.45) is 5.73 Å². The van der Waals surface area contributed by atoms with E-state index in [0.717, 1.165) is 50.6 Å². The summed E-state index contributed by atoms with van der Waals surface area (Å²) in [5.41, 5.74) is 7.91. The van der Waals surface area contributed by atoms with Gasteiger partial charge < -0.3 is 15.6 Å². The summed E-state index contributed by atoms with van der Waals surface area (Å²) in [5, 5.41) is 5.80. The molecule has 1 unspecified atom stereocenters. The van der Waals surface area contributed by atoms with Crippen molar-refractivity contribution in [1.29, 1.82) is 0 Å². The van der Waals surface area contributed by atoms with E-state index in [1.165, 1.54) is 10.4 Å². The van der Waals surface area contributed by atoms with E-state index in [-0.39, 0.29) is 0 Å². The van der Waals surface area contributed by atoms with Crippen LogP contribution in [0.15, 0.2) is 41.8 Å². The minimum Gasteiger partial charge on any atom is -0.352 e. The fourth-order valence-corrected chi connectivity index (χ4v) is 4.12. The molecule has 0 saturated carbocycles. The summed E-state index contributed by atoms with van der Waals surface area (Å²) in [7, 11) is 0. The van der Waals surface area contributed by atoms with Crippen molar-refractivity contribution in [2.45, 2.75) is 19.0 Å². The van der Waals surface area contributed by atoms with Crippen LogP contribution in [0.5, 0.6) is 0 Å². The molecule has 1 aliphatic rings. The predicted molar refractivity (Wildman–Crippen MR) is 101 cm³/mol. The van der Waals surface area contributed by atoms with Gasteiger partial charge in [-0.25, -0.2) is 4.98 Å². The van der Waals surface area contributed by atoms with Gasteiger partial charge in [-0.3, -0.25) is 4.90 Å². The summed E-state index contributed by atoms with van der Waals surface area (Å²) in [6.45, 7) is 4.71. The van der Waals surface area contributed by atoms with Gasteiger partial charge in [-0.1, -0.05) is 18.2 Å². The fourth-order valence-electron chi connectivity index (χ4n) is 3.42. The molecule has 6 heteroatoms. The highest BCUT2D eigenvalue weighted by molar-refractivity contribution is 7.09. The molecule has 1 aromatic carbocycles. The Balaban J connectivity index is 1.60. The van der Waals surface area contributed by atoms with Gasteiger partial charge in [0.05, 0.1) is 17.6 Å². The van der Waals surface area contributed by atoms with E-state index >= 15 is 0 Å².